The molecule has 0 spiro atoms. The van der Waals surface area contributed by atoms with Gasteiger partial charge >= 0.3 is 0 Å². The van der Waals surface area contributed by atoms with Crippen molar-refractivity contribution in [2.75, 3.05) is 11.1 Å². The van der Waals surface area contributed by atoms with Crippen molar-refractivity contribution in [2.24, 2.45) is 0 Å². The Balaban J connectivity index is 1.63. The van der Waals surface area contributed by atoms with E-state index in [1.54, 1.807) is 10.6 Å². The Labute approximate surface area is 162 Å². The molecule has 3 rings (SSSR count). The zero-order valence-electron chi connectivity index (χ0n) is 16.0. The van der Waals surface area contributed by atoms with Crippen LogP contribution in [0.2, 0.25) is 0 Å². The smallest absolute Gasteiger partial charge is 0.258 e. The van der Waals surface area contributed by atoms with Crippen molar-refractivity contribution in [2.45, 2.75) is 33.4 Å². The van der Waals surface area contributed by atoms with Gasteiger partial charge in [-0.1, -0.05) is 23.8 Å². The summed E-state index contributed by atoms with van der Waals surface area (Å²) < 4.78 is 1.54. The van der Waals surface area contributed by atoms with Crippen LogP contribution in [0.4, 0.5) is 5.69 Å². The number of benzene rings is 1. The van der Waals surface area contributed by atoms with Gasteiger partial charge in [0.1, 0.15) is 5.65 Å². The van der Waals surface area contributed by atoms with Crippen LogP contribution in [0.3, 0.4) is 0 Å². The molecule has 0 saturated carbocycles. The predicted molar refractivity (Wildman–Crippen MR) is 112 cm³/mol. The third kappa shape index (κ3) is 4.57. The van der Waals surface area contributed by atoms with Gasteiger partial charge in [-0.2, -0.15) is 0 Å². The lowest BCUT2D eigenvalue weighted by Crippen LogP contribution is -2.17. The van der Waals surface area contributed by atoms with Crippen molar-refractivity contribution in [1.82, 2.24) is 9.38 Å². The van der Waals surface area contributed by atoms with Crippen LogP contribution in [-0.2, 0) is 10.5 Å². The van der Waals surface area contributed by atoms with Gasteiger partial charge in [0.25, 0.3) is 5.56 Å². The lowest BCUT2D eigenvalue weighted by Gasteiger charge is -2.12. The molecule has 6 heteroatoms. The summed E-state index contributed by atoms with van der Waals surface area (Å²) in [6, 6.07) is 9.42. The molecule has 1 amide bonds. The number of amides is 1. The fraction of sp³-hybridized carbons (Fsp3) is 0.286. The van der Waals surface area contributed by atoms with Gasteiger partial charge in [-0.05, 0) is 50.5 Å². The number of thioether (sulfide) groups is 1. The molecule has 2 heterocycles. The highest BCUT2D eigenvalue weighted by molar-refractivity contribution is 7.99. The maximum Gasteiger partial charge on any atom is 0.258 e. The van der Waals surface area contributed by atoms with E-state index >= 15 is 0 Å². The highest BCUT2D eigenvalue weighted by Crippen LogP contribution is 2.22. The first-order chi connectivity index (χ1) is 12.8. The highest BCUT2D eigenvalue weighted by atomic mass is 32.2. The Morgan fingerprint density at radius 2 is 1.78 bits per heavy atom. The third-order valence-electron chi connectivity index (χ3n) is 4.29. The monoisotopic (exact) mass is 381 g/mol. The normalized spacial score (nSPS) is 11.0. The van der Waals surface area contributed by atoms with Crippen molar-refractivity contribution in [3.05, 3.63) is 74.8 Å². The average molecular weight is 382 g/mol. The van der Waals surface area contributed by atoms with E-state index in [1.165, 1.54) is 23.4 Å². The van der Waals surface area contributed by atoms with E-state index < -0.39 is 0 Å². The summed E-state index contributed by atoms with van der Waals surface area (Å²) in [5.41, 5.74) is 6.39. The number of hydrogen-bond donors (Lipinski definition) is 1. The van der Waals surface area contributed by atoms with E-state index in [-0.39, 0.29) is 11.5 Å². The number of anilines is 1. The van der Waals surface area contributed by atoms with Crippen LogP contribution >= 0.6 is 11.8 Å². The number of aryl methyl sites for hydroxylation is 4. The molecule has 3 aromatic rings. The summed E-state index contributed by atoms with van der Waals surface area (Å²) >= 11 is 1.45. The minimum Gasteiger partial charge on any atom is -0.325 e. The largest absolute Gasteiger partial charge is 0.325 e. The van der Waals surface area contributed by atoms with Crippen LogP contribution in [0.1, 0.15) is 27.9 Å². The molecule has 2 aromatic heterocycles. The van der Waals surface area contributed by atoms with Crippen molar-refractivity contribution in [3.8, 4) is 0 Å². The fourth-order valence-electron chi connectivity index (χ4n) is 3.13. The number of carbonyl (C=O) groups is 1. The van der Waals surface area contributed by atoms with Gasteiger partial charge in [-0.15, -0.1) is 11.8 Å². The molecule has 0 radical (unpaired) electrons. The molecular formula is C21H23N3O2S. The van der Waals surface area contributed by atoms with Crippen LogP contribution in [0, 0.1) is 27.7 Å². The van der Waals surface area contributed by atoms with E-state index in [9.17, 15) is 9.59 Å². The highest BCUT2D eigenvalue weighted by Gasteiger charge is 2.09. The van der Waals surface area contributed by atoms with E-state index in [2.05, 4.69) is 22.4 Å². The van der Waals surface area contributed by atoms with Gasteiger partial charge in [0.05, 0.1) is 11.4 Å². The van der Waals surface area contributed by atoms with Gasteiger partial charge in [0, 0.05) is 23.7 Å². The van der Waals surface area contributed by atoms with Gasteiger partial charge in [-0.25, -0.2) is 4.98 Å². The van der Waals surface area contributed by atoms with Crippen molar-refractivity contribution >= 4 is 29.0 Å². The SMILES string of the molecule is Cc1cc(C)c(NC(=O)CSCc2cc(=O)n3cc(C)ccc3n2)c(C)c1. The molecule has 5 nitrogen and oxygen atoms in total. The Morgan fingerprint density at radius 3 is 2.48 bits per heavy atom. The second-order valence-corrected chi connectivity index (χ2v) is 7.82. The molecule has 0 aliphatic rings. The molecule has 0 aliphatic heterocycles. The van der Waals surface area contributed by atoms with Gasteiger partial charge in [0.2, 0.25) is 5.91 Å². The first kappa shape index (κ1) is 19.2. The zero-order chi connectivity index (χ0) is 19.6. The fourth-order valence-corrected chi connectivity index (χ4v) is 3.85. The molecular weight excluding hydrogens is 358 g/mol. The molecule has 1 aromatic carbocycles. The number of pyridine rings is 1. The predicted octanol–water partition coefficient (Wildman–Crippen LogP) is 3.80. The topological polar surface area (TPSA) is 63.5 Å². The second kappa shape index (κ2) is 7.96. The van der Waals surface area contributed by atoms with Gasteiger partial charge in [0.15, 0.2) is 0 Å². The number of rotatable bonds is 5. The maximum absolute atomic E-state index is 12.3. The Morgan fingerprint density at radius 1 is 1.07 bits per heavy atom. The number of carbonyl (C=O) groups excluding carboxylic acids is 1. The van der Waals surface area contributed by atoms with Crippen molar-refractivity contribution < 1.29 is 4.79 Å². The molecule has 0 bridgehead atoms. The Kier molecular flexibility index (Phi) is 5.65. The Hall–Kier alpha value is -2.60. The Bertz CT molecular complexity index is 1050. The first-order valence-electron chi connectivity index (χ1n) is 8.78. The van der Waals surface area contributed by atoms with Crippen LogP contribution in [0.25, 0.3) is 5.65 Å². The second-order valence-electron chi connectivity index (χ2n) is 6.84. The lowest BCUT2D eigenvalue weighted by molar-refractivity contribution is -0.113. The average Bonchev–Trinajstić information content (AvgIpc) is 2.59. The standard InChI is InChI=1S/C21H23N3O2S/c1-13-5-6-18-22-17(9-20(26)24(18)10-13)11-27-12-19(25)23-21-15(3)7-14(2)8-16(21)4/h5-10H,11-12H2,1-4H3,(H,23,25). The summed E-state index contributed by atoms with van der Waals surface area (Å²) in [6.07, 6.45) is 1.78. The van der Waals surface area contributed by atoms with Gasteiger partial charge in [-0.3, -0.25) is 14.0 Å². The minimum atomic E-state index is -0.102. The molecule has 0 fully saturated rings. The van der Waals surface area contributed by atoms with E-state index in [0.717, 1.165) is 22.4 Å². The van der Waals surface area contributed by atoms with Crippen LogP contribution in [0.5, 0.6) is 0 Å². The molecule has 0 saturated heterocycles. The summed E-state index contributed by atoms with van der Waals surface area (Å²) in [4.78, 5) is 29.0. The zero-order valence-corrected chi connectivity index (χ0v) is 16.8. The van der Waals surface area contributed by atoms with E-state index in [4.69, 9.17) is 0 Å². The van der Waals surface area contributed by atoms with Crippen LogP contribution < -0.4 is 10.9 Å². The molecule has 0 aliphatic carbocycles. The number of nitrogens with one attached hydrogen (secondary N) is 1. The third-order valence-corrected chi connectivity index (χ3v) is 5.25. The number of hydrogen-bond acceptors (Lipinski definition) is 4. The molecule has 140 valence electrons. The molecule has 0 atom stereocenters. The van der Waals surface area contributed by atoms with Crippen LogP contribution in [0.15, 0.2) is 41.3 Å². The minimum absolute atomic E-state index is 0.0526. The molecule has 27 heavy (non-hydrogen) atoms. The first-order valence-corrected chi connectivity index (χ1v) is 9.93. The van der Waals surface area contributed by atoms with E-state index in [1.807, 2.05) is 39.8 Å². The summed E-state index contributed by atoms with van der Waals surface area (Å²) in [7, 11) is 0. The number of aromatic nitrogens is 2. The van der Waals surface area contributed by atoms with Gasteiger partial charge < -0.3 is 5.32 Å². The molecule has 1 N–H and O–H groups in total. The number of fused-ring (bicyclic) bond motifs is 1. The number of nitrogens with zero attached hydrogens (tertiary/aromatic N) is 2. The van der Waals surface area contributed by atoms with Crippen LogP contribution in [-0.4, -0.2) is 21.0 Å². The van der Waals surface area contributed by atoms with Crippen molar-refractivity contribution in [3.63, 3.8) is 0 Å². The van der Waals surface area contributed by atoms with E-state index in [0.29, 0.717) is 22.8 Å². The quantitative estimate of drug-likeness (QED) is 0.730. The lowest BCUT2D eigenvalue weighted by atomic mass is 10.1. The molecule has 0 unspecified atom stereocenters. The summed E-state index contributed by atoms with van der Waals surface area (Å²) in [6.45, 7) is 7.97. The summed E-state index contributed by atoms with van der Waals surface area (Å²) in [5.74, 6) is 0.767. The van der Waals surface area contributed by atoms with Crippen molar-refractivity contribution in [1.29, 1.82) is 0 Å². The summed E-state index contributed by atoms with van der Waals surface area (Å²) in [5, 5.41) is 2.99. The maximum atomic E-state index is 12.3.